The van der Waals surface area contributed by atoms with Crippen molar-refractivity contribution in [1.82, 2.24) is 9.13 Å². The summed E-state index contributed by atoms with van der Waals surface area (Å²) in [5.74, 6) is 1.88. The van der Waals surface area contributed by atoms with Crippen molar-refractivity contribution in [1.29, 1.82) is 0 Å². The molecule has 0 saturated heterocycles. The van der Waals surface area contributed by atoms with Crippen LogP contribution in [0.15, 0.2) is 237 Å². The van der Waals surface area contributed by atoms with Crippen LogP contribution in [0.2, 0.25) is 0 Å². The maximum absolute atomic E-state index is 8.28. The Morgan fingerprint density at radius 1 is 0.344 bits per heavy atom. The van der Waals surface area contributed by atoms with E-state index in [0.29, 0.717) is 0 Å². The fourth-order valence-electron chi connectivity index (χ4n) is 16.9. The van der Waals surface area contributed by atoms with E-state index < -0.39 is 5.41 Å². The average Bonchev–Trinajstić information content (AvgIpc) is 1.53. The van der Waals surface area contributed by atoms with Gasteiger partial charge in [0.2, 0.25) is 0 Å². The lowest BCUT2D eigenvalue weighted by Crippen LogP contribution is -2.58. The van der Waals surface area contributed by atoms with Crippen LogP contribution in [0.3, 0.4) is 0 Å². The van der Waals surface area contributed by atoms with Gasteiger partial charge in [0.1, 0.15) is 11.5 Å². The number of ether oxygens (including phenoxy) is 1. The zero-order chi connectivity index (χ0) is 63.6. The lowest BCUT2D eigenvalue weighted by Gasteiger charge is -2.38. The van der Waals surface area contributed by atoms with E-state index in [2.05, 4.69) is 329 Å². The number of hydrogen-bond donors (Lipinski definition) is 0. The molecule has 4 heterocycles. The Labute approximate surface area is 547 Å². The number of aromatic nitrogens is 2. The van der Waals surface area contributed by atoms with Gasteiger partial charge in [0.25, 0.3) is 6.71 Å². The molecule has 4 aliphatic rings. The summed E-state index contributed by atoms with van der Waals surface area (Å²) in [5.41, 5.74) is 32.4. The van der Waals surface area contributed by atoms with Gasteiger partial charge in [-0.2, -0.15) is 0 Å². The monoisotopic (exact) mass is 1200 g/mol. The number of nitrogens with zero attached hydrogens (tertiary/aromatic N) is 2. The second kappa shape index (κ2) is 19.1. The molecular formula is C89H75BN2O. The van der Waals surface area contributed by atoms with Crippen LogP contribution in [0.4, 0.5) is 0 Å². The molecule has 0 unspecified atom stereocenters. The molecule has 0 saturated carbocycles. The first kappa shape index (κ1) is 55.9. The maximum Gasteiger partial charge on any atom is 0.256 e. The Hall–Kier alpha value is -9.90. The number of para-hydroxylation sites is 3. The van der Waals surface area contributed by atoms with E-state index in [0.717, 1.165) is 22.7 Å². The summed E-state index contributed by atoms with van der Waals surface area (Å²) in [7, 11) is 0. The summed E-state index contributed by atoms with van der Waals surface area (Å²) in [4.78, 5) is 0. The van der Waals surface area contributed by atoms with Crippen LogP contribution in [0.5, 0.6) is 11.5 Å². The summed E-state index contributed by atoms with van der Waals surface area (Å²) in [5, 5.41) is 4.92. The molecule has 0 amide bonds. The van der Waals surface area contributed by atoms with Crippen LogP contribution in [-0.2, 0) is 27.1 Å². The maximum atomic E-state index is 8.28. The van der Waals surface area contributed by atoms with Crippen LogP contribution in [0, 0.1) is 0 Å². The van der Waals surface area contributed by atoms with Gasteiger partial charge < -0.3 is 13.9 Å². The number of benzene rings is 12. The second-order valence-corrected chi connectivity index (χ2v) is 31.2. The minimum absolute atomic E-state index is 0.0957. The second-order valence-electron chi connectivity index (χ2n) is 31.2. The molecule has 0 radical (unpaired) electrons. The van der Waals surface area contributed by atoms with Gasteiger partial charge in [0.05, 0.1) is 33.2 Å². The van der Waals surface area contributed by atoms with Crippen molar-refractivity contribution in [2.24, 2.45) is 0 Å². The zero-order valence-electron chi connectivity index (χ0n) is 55.4. The fraction of sp³-hybridized carbons (Fsp3) is 0.191. The quantitative estimate of drug-likeness (QED) is 0.161. The molecule has 0 fully saturated rings. The van der Waals surface area contributed by atoms with E-state index in [4.69, 9.17) is 4.74 Å². The highest BCUT2D eigenvalue weighted by molar-refractivity contribution is 6.99. The average molecular weight is 1200 g/mol. The van der Waals surface area contributed by atoms with E-state index >= 15 is 0 Å². The highest BCUT2D eigenvalue weighted by atomic mass is 16.5. The first-order chi connectivity index (χ1) is 44.7. The SMILES string of the molecule is CC(C)(C)c1cc(-c2cc3c4c(c2)-n2c5ccccc5c5c2c(cc2c6ccccc6n(-c6c(-c7ccccc7)cccc6-c6ccccc6)c25)B4c2ccc4c(c2O3)C2(c3cc(C(C)(C)C)ccc3-c3ccc(C(C)(C)C)cc32)c2ccccc2-4)cc(C(C)(C)C)c1. The number of hydrogen-bond acceptors (Lipinski definition) is 1. The van der Waals surface area contributed by atoms with Gasteiger partial charge in [-0.3, -0.25) is 0 Å². The smallest absolute Gasteiger partial charge is 0.256 e. The summed E-state index contributed by atoms with van der Waals surface area (Å²) < 4.78 is 13.6. The van der Waals surface area contributed by atoms with Crippen LogP contribution in [0.1, 0.15) is 128 Å². The topological polar surface area (TPSA) is 19.1 Å². The zero-order valence-corrected chi connectivity index (χ0v) is 55.4. The van der Waals surface area contributed by atoms with Gasteiger partial charge in [-0.15, -0.1) is 0 Å². The Morgan fingerprint density at radius 2 is 0.849 bits per heavy atom. The lowest BCUT2D eigenvalue weighted by molar-refractivity contribution is 0.476. The van der Waals surface area contributed by atoms with Crippen LogP contribution in [0.25, 0.3) is 111 Å². The molecule has 2 aliphatic carbocycles. The molecule has 0 bridgehead atoms. The number of fused-ring (bicyclic) bond motifs is 22. The third-order valence-electron chi connectivity index (χ3n) is 21.6. The Balaban J connectivity index is 1.02. The first-order valence-electron chi connectivity index (χ1n) is 33.5. The molecule has 2 aromatic heterocycles. The number of rotatable bonds is 4. The summed E-state index contributed by atoms with van der Waals surface area (Å²) >= 11 is 0. The summed E-state index contributed by atoms with van der Waals surface area (Å²) in [6.07, 6.45) is 0. The molecule has 2 aliphatic heterocycles. The van der Waals surface area contributed by atoms with Crippen molar-refractivity contribution in [2.75, 3.05) is 0 Å². The van der Waals surface area contributed by atoms with Crippen molar-refractivity contribution in [3.63, 3.8) is 0 Å². The van der Waals surface area contributed by atoms with Gasteiger partial charge in [-0.25, -0.2) is 0 Å². The predicted octanol–water partition coefficient (Wildman–Crippen LogP) is 21.4. The molecule has 1 spiro atoms. The highest BCUT2D eigenvalue weighted by Gasteiger charge is 2.56. The largest absolute Gasteiger partial charge is 0.458 e. The van der Waals surface area contributed by atoms with E-state index in [1.807, 2.05) is 0 Å². The normalized spacial score (nSPS) is 14.2. The van der Waals surface area contributed by atoms with Gasteiger partial charge in [0.15, 0.2) is 0 Å². The van der Waals surface area contributed by atoms with E-state index in [1.54, 1.807) is 0 Å². The van der Waals surface area contributed by atoms with Crippen LogP contribution < -0.4 is 21.1 Å². The minimum atomic E-state index is -0.704. The Morgan fingerprint density at radius 3 is 1.45 bits per heavy atom. The van der Waals surface area contributed by atoms with Crippen molar-refractivity contribution < 1.29 is 4.74 Å². The molecule has 14 aromatic rings. The standard InChI is InChI=1S/C89H75BN2O/c1-85(2,3)56-38-40-63-64-41-39-57(86(4,5)6)50-71(64)89(70(63)49-56)69-35-22-19-30-62(69)66-42-43-72-84(79(66)89)93-77-47-55(54-44-58(87(7,8)9)48-59(45-54)88(10,11)12)46-76-80(77)90(72)73-51-68-65-31-20-23-36-74(65)92(82(68)78-67-32-21-24-37-75(67)91(76)83(73)78)81-60(52-26-15-13-16-27-52)33-25-34-61(81)53-28-17-14-18-29-53/h13-51H,1-12H3. The molecule has 4 heteroatoms. The van der Waals surface area contributed by atoms with Crippen molar-refractivity contribution in [3.05, 3.63) is 281 Å². The fourth-order valence-corrected chi connectivity index (χ4v) is 16.9. The first-order valence-corrected chi connectivity index (χ1v) is 33.5. The molecule has 93 heavy (non-hydrogen) atoms. The van der Waals surface area contributed by atoms with Gasteiger partial charge in [-0.05, 0) is 146 Å². The molecule has 12 aromatic carbocycles. The lowest BCUT2D eigenvalue weighted by atomic mass is 9.34. The van der Waals surface area contributed by atoms with E-state index in [-0.39, 0.29) is 28.4 Å². The molecule has 450 valence electrons. The Bertz CT molecular complexity index is 5420. The molecule has 3 nitrogen and oxygen atoms in total. The van der Waals surface area contributed by atoms with E-state index in [1.165, 1.54) is 160 Å². The third-order valence-corrected chi connectivity index (χ3v) is 21.6. The van der Waals surface area contributed by atoms with Crippen molar-refractivity contribution >= 4 is 66.7 Å². The molecule has 0 atom stereocenters. The highest BCUT2D eigenvalue weighted by Crippen LogP contribution is 2.66. The van der Waals surface area contributed by atoms with Crippen molar-refractivity contribution in [3.8, 4) is 78.5 Å². The van der Waals surface area contributed by atoms with Crippen LogP contribution >= 0.6 is 0 Å². The predicted molar refractivity (Wildman–Crippen MR) is 394 cm³/mol. The summed E-state index contributed by atoms with van der Waals surface area (Å²) in [6, 6.07) is 91.3. The molecule has 0 N–H and O–H groups in total. The van der Waals surface area contributed by atoms with Gasteiger partial charge in [0, 0.05) is 43.9 Å². The summed E-state index contributed by atoms with van der Waals surface area (Å²) in [6.45, 7) is 28.0. The van der Waals surface area contributed by atoms with Gasteiger partial charge in [-0.1, -0.05) is 295 Å². The van der Waals surface area contributed by atoms with Crippen molar-refractivity contribution in [2.45, 2.75) is 110 Å². The molecular weight excluding hydrogens is 1120 g/mol. The van der Waals surface area contributed by atoms with Crippen LogP contribution in [-0.4, -0.2) is 15.8 Å². The minimum Gasteiger partial charge on any atom is -0.458 e. The Kier molecular flexibility index (Phi) is 11.5. The third kappa shape index (κ3) is 7.79. The van der Waals surface area contributed by atoms with E-state index in [9.17, 15) is 0 Å². The molecule has 18 rings (SSSR count). The van der Waals surface area contributed by atoms with Gasteiger partial charge >= 0.3 is 0 Å².